The van der Waals surface area contributed by atoms with Gasteiger partial charge in [0.05, 0.1) is 12.0 Å². The average Bonchev–Trinajstić information content (AvgIpc) is 2.08. The molecule has 1 rings (SSSR count). The van der Waals surface area contributed by atoms with Gasteiger partial charge in [0.25, 0.3) is 0 Å². The number of hydrogen-bond donors (Lipinski definition) is 2. The molecule has 1 unspecified atom stereocenters. The molecule has 0 aromatic heterocycles. The van der Waals surface area contributed by atoms with E-state index in [1.807, 2.05) is 6.07 Å². The second kappa shape index (κ2) is 3.14. The van der Waals surface area contributed by atoms with E-state index in [0.29, 0.717) is 5.56 Å². The summed E-state index contributed by atoms with van der Waals surface area (Å²) in [5.41, 5.74) is 0.702. The minimum Gasteiger partial charge on any atom is -0.504 e. The van der Waals surface area contributed by atoms with Gasteiger partial charge in [-0.05, 0) is 24.6 Å². The first-order valence-corrected chi connectivity index (χ1v) is 3.56. The van der Waals surface area contributed by atoms with Crippen LogP contribution in [0.25, 0.3) is 0 Å². The van der Waals surface area contributed by atoms with Crippen molar-refractivity contribution >= 4 is 0 Å². The lowest BCUT2D eigenvalue weighted by Crippen LogP contribution is -1.87. The van der Waals surface area contributed by atoms with Gasteiger partial charge >= 0.3 is 0 Å². The van der Waals surface area contributed by atoms with Gasteiger partial charge in [-0.3, -0.25) is 0 Å². The molecule has 0 amide bonds. The smallest absolute Gasteiger partial charge is 0.157 e. The van der Waals surface area contributed by atoms with Gasteiger partial charge in [0.15, 0.2) is 11.5 Å². The number of phenolic OH excluding ortho intramolecular Hbond substituents is 2. The number of rotatable bonds is 1. The largest absolute Gasteiger partial charge is 0.504 e. The predicted octanol–water partition coefficient (Wildman–Crippen LogP) is 1.72. The third-order valence-electron chi connectivity index (χ3n) is 1.69. The molecule has 0 spiro atoms. The Kier molecular flexibility index (Phi) is 2.20. The normalized spacial score (nSPS) is 12.0. The molecule has 0 aliphatic heterocycles. The van der Waals surface area contributed by atoms with Crippen molar-refractivity contribution in [2.45, 2.75) is 12.8 Å². The van der Waals surface area contributed by atoms with Crippen LogP contribution in [0.5, 0.6) is 11.5 Å². The van der Waals surface area contributed by atoms with E-state index in [1.165, 1.54) is 12.1 Å². The Bertz CT molecular complexity index is 328. The highest BCUT2D eigenvalue weighted by Gasteiger charge is 2.06. The van der Waals surface area contributed by atoms with Crippen LogP contribution in [0, 0.1) is 11.3 Å². The van der Waals surface area contributed by atoms with Gasteiger partial charge in [0.2, 0.25) is 0 Å². The molecular weight excluding hydrogens is 154 g/mol. The van der Waals surface area contributed by atoms with Gasteiger partial charge in [-0.15, -0.1) is 0 Å². The number of aromatic hydroxyl groups is 2. The Morgan fingerprint density at radius 1 is 1.33 bits per heavy atom. The molecule has 0 bridgehead atoms. The molecule has 12 heavy (non-hydrogen) atoms. The molecule has 0 saturated heterocycles. The number of phenols is 2. The highest BCUT2D eigenvalue weighted by molar-refractivity contribution is 5.42. The minimum atomic E-state index is -0.267. The molecule has 1 atom stereocenters. The molecule has 62 valence electrons. The van der Waals surface area contributed by atoms with Gasteiger partial charge in [-0.25, -0.2) is 0 Å². The van der Waals surface area contributed by atoms with Crippen LogP contribution in [0.15, 0.2) is 18.2 Å². The molecule has 3 heteroatoms. The van der Waals surface area contributed by atoms with E-state index in [2.05, 4.69) is 0 Å². The Morgan fingerprint density at radius 3 is 2.50 bits per heavy atom. The van der Waals surface area contributed by atoms with Crippen molar-refractivity contribution in [3.05, 3.63) is 23.8 Å². The fraction of sp³-hybridized carbons (Fsp3) is 0.222. The van der Waals surface area contributed by atoms with Gasteiger partial charge in [-0.1, -0.05) is 6.07 Å². The topological polar surface area (TPSA) is 64.2 Å². The summed E-state index contributed by atoms with van der Waals surface area (Å²) in [5.74, 6) is -0.616. The van der Waals surface area contributed by atoms with Gasteiger partial charge in [-0.2, -0.15) is 5.26 Å². The van der Waals surface area contributed by atoms with Gasteiger partial charge in [0.1, 0.15) is 0 Å². The summed E-state index contributed by atoms with van der Waals surface area (Å²) in [6.45, 7) is 1.73. The van der Waals surface area contributed by atoms with E-state index in [4.69, 9.17) is 15.5 Å². The summed E-state index contributed by atoms with van der Waals surface area (Å²) < 4.78 is 0. The second-order valence-electron chi connectivity index (χ2n) is 2.60. The van der Waals surface area contributed by atoms with E-state index in [9.17, 15) is 0 Å². The third kappa shape index (κ3) is 1.48. The molecule has 0 aliphatic rings. The molecular formula is C9H9NO2. The van der Waals surface area contributed by atoms with Crippen molar-refractivity contribution in [3.63, 3.8) is 0 Å². The highest BCUT2D eigenvalue weighted by Crippen LogP contribution is 2.27. The lowest BCUT2D eigenvalue weighted by atomic mass is 10.0. The van der Waals surface area contributed by atoms with E-state index in [0.717, 1.165) is 0 Å². The van der Waals surface area contributed by atoms with Crippen molar-refractivity contribution in [3.8, 4) is 17.6 Å². The Hall–Kier alpha value is -1.69. The quantitative estimate of drug-likeness (QED) is 0.619. The third-order valence-corrected chi connectivity index (χ3v) is 1.69. The van der Waals surface area contributed by atoms with Crippen molar-refractivity contribution in [1.29, 1.82) is 5.26 Å². The van der Waals surface area contributed by atoms with Crippen molar-refractivity contribution in [2.75, 3.05) is 0 Å². The van der Waals surface area contributed by atoms with Crippen LogP contribution in [0.3, 0.4) is 0 Å². The minimum absolute atomic E-state index is 0.163. The summed E-state index contributed by atoms with van der Waals surface area (Å²) in [6, 6.07) is 6.41. The molecule has 3 nitrogen and oxygen atoms in total. The predicted molar refractivity (Wildman–Crippen MR) is 43.8 cm³/mol. The molecule has 0 saturated carbocycles. The van der Waals surface area contributed by atoms with Crippen molar-refractivity contribution < 1.29 is 10.2 Å². The monoisotopic (exact) mass is 163 g/mol. The Morgan fingerprint density at radius 2 is 2.00 bits per heavy atom. The highest BCUT2D eigenvalue weighted by atomic mass is 16.3. The average molecular weight is 163 g/mol. The van der Waals surface area contributed by atoms with Gasteiger partial charge < -0.3 is 10.2 Å². The van der Waals surface area contributed by atoms with Gasteiger partial charge in [0, 0.05) is 0 Å². The summed E-state index contributed by atoms with van der Waals surface area (Å²) in [4.78, 5) is 0. The van der Waals surface area contributed by atoms with Crippen LogP contribution < -0.4 is 0 Å². The zero-order valence-electron chi connectivity index (χ0n) is 6.65. The molecule has 1 aromatic rings. The SMILES string of the molecule is CC(C#N)c1ccc(O)c(O)c1. The van der Waals surface area contributed by atoms with Crippen molar-refractivity contribution in [1.82, 2.24) is 0 Å². The van der Waals surface area contributed by atoms with E-state index in [1.54, 1.807) is 13.0 Å². The zero-order valence-corrected chi connectivity index (χ0v) is 6.65. The summed E-state index contributed by atoms with van der Waals surface area (Å²) in [6.07, 6.45) is 0. The van der Waals surface area contributed by atoms with Crippen LogP contribution in [-0.2, 0) is 0 Å². The molecule has 0 radical (unpaired) electrons. The maximum absolute atomic E-state index is 9.09. The number of hydrogen-bond acceptors (Lipinski definition) is 3. The first-order valence-electron chi connectivity index (χ1n) is 3.56. The maximum atomic E-state index is 9.09. The number of benzene rings is 1. The molecule has 2 N–H and O–H groups in total. The molecule has 0 aliphatic carbocycles. The lowest BCUT2D eigenvalue weighted by molar-refractivity contribution is 0.403. The van der Waals surface area contributed by atoms with E-state index in [-0.39, 0.29) is 17.4 Å². The molecule has 0 fully saturated rings. The van der Waals surface area contributed by atoms with Crippen LogP contribution in [0.2, 0.25) is 0 Å². The summed E-state index contributed by atoms with van der Waals surface area (Å²) in [7, 11) is 0. The first-order chi connectivity index (χ1) is 5.65. The molecule has 0 heterocycles. The van der Waals surface area contributed by atoms with E-state index >= 15 is 0 Å². The number of nitriles is 1. The van der Waals surface area contributed by atoms with Crippen LogP contribution in [0.1, 0.15) is 18.4 Å². The summed E-state index contributed by atoms with van der Waals surface area (Å²) in [5, 5.41) is 26.6. The summed E-state index contributed by atoms with van der Waals surface area (Å²) >= 11 is 0. The van der Waals surface area contributed by atoms with Crippen LogP contribution in [-0.4, -0.2) is 10.2 Å². The number of nitrogens with zero attached hydrogens (tertiary/aromatic N) is 1. The van der Waals surface area contributed by atoms with Crippen molar-refractivity contribution in [2.24, 2.45) is 0 Å². The Balaban J connectivity index is 3.06. The lowest BCUT2D eigenvalue weighted by Gasteiger charge is -2.03. The molecule has 1 aromatic carbocycles. The first kappa shape index (κ1) is 8.41. The zero-order chi connectivity index (χ0) is 9.14. The Labute approximate surface area is 70.5 Å². The van der Waals surface area contributed by atoms with E-state index < -0.39 is 0 Å². The maximum Gasteiger partial charge on any atom is 0.157 e. The second-order valence-corrected chi connectivity index (χ2v) is 2.60. The fourth-order valence-electron chi connectivity index (χ4n) is 0.884. The van der Waals surface area contributed by atoms with Crippen LogP contribution >= 0.6 is 0 Å². The van der Waals surface area contributed by atoms with Crippen LogP contribution in [0.4, 0.5) is 0 Å². The fourth-order valence-corrected chi connectivity index (χ4v) is 0.884. The standard InChI is InChI=1S/C9H9NO2/c1-6(5-10)7-2-3-8(11)9(12)4-7/h2-4,6,11-12H,1H3.